The van der Waals surface area contributed by atoms with E-state index in [1.165, 1.54) is 12.1 Å². The van der Waals surface area contributed by atoms with Gasteiger partial charge in [-0.15, -0.1) is 0 Å². The average molecular weight is 314 g/mol. The number of nitroso groups, excluding NO2 is 1. The zero-order valence-corrected chi connectivity index (χ0v) is 12.8. The topological polar surface area (TPSA) is 64.7 Å². The second kappa shape index (κ2) is 6.56. The fraction of sp³-hybridized carbons (Fsp3) is 0.333. The summed E-state index contributed by atoms with van der Waals surface area (Å²) in [6, 6.07) is 12.3. The monoisotopic (exact) mass is 314 g/mol. The molecule has 1 aliphatic rings. The summed E-state index contributed by atoms with van der Waals surface area (Å²) in [5.41, 5.74) is 8.99. The van der Waals surface area contributed by atoms with Gasteiger partial charge in [-0.3, -0.25) is 0 Å². The number of ether oxygens (including phenoxy) is 1. The van der Waals surface area contributed by atoms with Crippen LogP contribution >= 0.6 is 0 Å². The van der Waals surface area contributed by atoms with E-state index in [1.54, 1.807) is 12.1 Å². The molecule has 23 heavy (non-hydrogen) atoms. The van der Waals surface area contributed by atoms with Gasteiger partial charge in [0.05, 0.1) is 6.61 Å². The molecular weight excluding hydrogens is 295 g/mol. The molecule has 0 aliphatic carbocycles. The van der Waals surface area contributed by atoms with Crippen LogP contribution in [0.1, 0.15) is 35.1 Å². The predicted octanol–water partition coefficient (Wildman–Crippen LogP) is 3.60. The highest BCUT2D eigenvalue weighted by molar-refractivity contribution is 5.45. The highest BCUT2D eigenvalue weighted by Crippen LogP contribution is 2.45. The summed E-state index contributed by atoms with van der Waals surface area (Å²) in [4.78, 5) is 10.5. The minimum atomic E-state index is -0.602. The van der Waals surface area contributed by atoms with Crippen LogP contribution in [0.5, 0.6) is 0 Å². The van der Waals surface area contributed by atoms with E-state index >= 15 is 0 Å². The van der Waals surface area contributed by atoms with Crippen LogP contribution in [0.2, 0.25) is 0 Å². The number of nitrogens with two attached hydrogens (primary N) is 1. The Labute approximate surface area is 134 Å². The fourth-order valence-corrected chi connectivity index (χ4v) is 3.27. The molecule has 0 spiro atoms. The van der Waals surface area contributed by atoms with Crippen molar-refractivity contribution in [3.63, 3.8) is 0 Å². The van der Waals surface area contributed by atoms with E-state index in [1.807, 2.05) is 18.2 Å². The number of halogens is 1. The van der Waals surface area contributed by atoms with Crippen molar-refractivity contribution in [3.8, 4) is 0 Å². The maximum Gasteiger partial charge on any atom is 0.123 e. The van der Waals surface area contributed by atoms with Crippen LogP contribution < -0.4 is 5.73 Å². The van der Waals surface area contributed by atoms with Crippen molar-refractivity contribution in [2.24, 2.45) is 10.9 Å². The molecule has 0 amide bonds. The second-order valence-corrected chi connectivity index (χ2v) is 5.79. The number of benzene rings is 2. The summed E-state index contributed by atoms with van der Waals surface area (Å²) < 4.78 is 19.5. The van der Waals surface area contributed by atoms with Crippen LogP contribution in [0.25, 0.3) is 0 Å². The van der Waals surface area contributed by atoms with Crippen molar-refractivity contribution in [1.82, 2.24) is 0 Å². The van der Waals surface area contributed by atoms with Gasteiger partial charge < -0.3 is 10.5 Å². The van der Waals surface area contributed by atoms with Gasteiger partial charge in [0.15, 0.2) is 0 Å². The first-order valence-electron chi connectivity index (χ1n) is 7.71. The van der Waals surface area contributed by atoms with Crippen LogP contribution in [0, 0.1) is 10.7 Å². The van der Waals surface area contributed by atoms with Crippen LogP contribution in [-0.4, -0.2) is 6.54 Å². The van der Waals surface area contributed by atoms with Gasteiger partial charge in [-0.2, -0.15) is 4.91 Å². The highest BCUT2D eigenvalue weighted by Gasteiger charge is 2.41. The van der Waals surface area contributed by atoms with Crippen LogP contribution in [0.4, 0.5) is 4.39 Å². The van der Waals surface area contributed by atoms with E-state index < -0.39 is 5.60 Å². The Balaban J connectivity index is 2.05. The highest BCUT2D eigenvalue weighted by atomic mass is 19.1. The van der Waals surface area contributed by atoms with Crippen LogP contribution in [-0.2, 0) is 23.5 Å². The number of hydrogen-bond acceptors (Lipinski definition) is 4. The van der Waals surface area contributed by atoms with Crippen LogP contribution in [0.15, 0.2) is 47.6 Å². The summed E-state index contributed by atoms with van der Waals surface area (Å²) in [7, 11) is 0. The number of hydrogen-bond donors (Lipinski definition) is 1. The van der Waals surface area contributed by atoms with Gasteiger partial charge in [0, 0.05) is 0 Å². The molecule has 2 N–H and O–H groups in total. The third-order valence-corrected chi connectivity index (χ3v) is 4.37. The van der Waals surface area contributed by atoms with Crippen molar-refractivity contribution in [3.05, 3.63) is 75.4 Å². The first kappa shape index (κ1) is 15.8. The molecule has 2 aromatic carbocycles. The second-order valence-electron chi connectivity index (χ2n) is 5.79. The summed E-state index contributed by atoms with van der Waals surface area (Å²) in [5.74, 6) is -0.270. The summed E-state index contributed by atoms with van der Waals surface area (Å²) in [6.45, 7) is 1.18. The van der Waals surface area contributed by atoms with Gasteiger partial charge in [-0.25, -0.2) is 4.39 Å². The molecule has 1 aliphatic heterocycles. The van der Waals surface area contributed by atoms with E-state index in [2.05, 4.69) is 5.18 Å². The molecule has 0 bridgehead atoms. The SMILES string of the molecule is NCCCC1(c2ccc(F)cc2)OCc2cc(CN=O)ccc21. The normalized spacial score (nSPS) is 19.6. The molecule has 0 saturated carbocycles. The van der Waals surface area contributed by atoms with E-state index in [4.69, 9.17) is 10.5 Å². The molecule has 1 unspecified atom stereocenters. The summed E-state index contributed by atoms with van der Waals surface area (Å²) in [6.07, 6.45) is 1.53. The van der Waals surface area contributed by atoms with Crippen molar-refractivity contribution < 1.29 is 9.13 Å². The molecule has 0 radical (unpaired) electrons. The Bertz CT molecular complexity index is 703. The third kappa shape index (κ3) is 2.90. The van der Waals surface area contributed by atoms with E-state index in [9.17, 15) is 9.30 Å². The Morgan fingerprint density at radius 3 is 2.70 bits per heavy atom. The zero-order chi connectivity index (χ0) is 16.3. The minimum Gasteiger partial charge on any atom is -0.361 e. The first-order chi connectivity index (χ1) is 11.2. The van der Waals surface area contributed by atoms with Gasteiger partial charge in [0.2, 0.25) is 0 Å². The van der Waals surface area contributed by atoms with Crippen LogP contribution in [0.3, 0.4) is 0 Å². The molecule has 120 valence electrons. The average Bonchev–Trinajstić information content (AvgIpc) is 2.93. The zero-order valence-electron chi connectivity index (χ0n) is 12.8. The van der Waals surface area contributed by atoms with E-state index in [-0.39, 0.29) is 12.4 Å². The van der Waals surface area contributed by atoms with Crippen molar-refractivity contribution in [2.75, 3.05) is 6.54 Å². The smallest absolute Gasteiger partial charge is 0.123 e. The Hall–Kier alpha value is -2.11. The lowest BCUT2D eigenvalue weighted by molar-refractivity contribution is -0.0126. The number of nitrogens with zero attached hydrogens (tertiary/aromatic N) is 1. The van der Waals surface area contributed by atoms with Crippen molar-refractivity contribution in [1.29, 1.82) is 0 Å². The molecular formula is C18H19FN2O2. The maximum atomic E-state index is 13.3. The third-order valence-electron chi connectivity index (χ3n) is 4.37. The predicted molar refractivity (Wildman–Crippen MR) is 86.2 cm³/mol. The molecule has 0 aromatic heterocycles. The standard InChI is InChI=1S/C18H19FN2O2/c19-16-5-3-15(4-6-16)18(8-1-9-20)17-7-2-13(11-21-22)10-14(17)12-23-18/h2-7,10H,1,8-9,11-12,20H2. The van der Waals surface area contributed by atoms with Gasteiger partial charge in [0.1, 0.15) is 18.0 Å². The van der Waals surface area contributed by atoms with Gasteiger partial charge in [-0.1, -0.05) is 35.5 Å². The Kier molecular flexibility index (Phi) is 4.50. The molecule has 1 heterocycles. The number of fused-ring (bicyclic) bond motifs is 1. The van der Waals surface area contributed by atoms with Gasteiger partial charge in [-0.05, 0) is 53.8 Å². The van der Waals surface area contributed by atoms with E-state index in [0.29, 0.717) is 13.2 Å². The quantitative estimate of drug-likeness (QED) is 0.828. The minimum absolute atomic E-state index is 0.152. The lowest BCUT2D eigenvalue weighted by Gasteiger charge is -2.30. The van der Waals surface area contributed by atoms with Crippen molar-refractivity contribution >= 4 is 0 Å². The van der Waals surface area contributed by atoms with Gasteiger partial charge in [0.25, 0.3) is 0 Å². The summed E-state index contributed by atoms with van der Waals surface area (Å²) in [5, 5.41) is 2.94. The molecule has 1 atom stereocenters. The lowest BCUT2D eigenvalue weighted by atomic mass is 9.81. The molecule has 0 saturated heterocycles. The fourth-order valence-electron chi connectivity index (χ4n) is 3.27. The first-order valence-corrected chi connectivity index (χ1v) is 7.71. The Morgan fingerprint density at radius 2 is 2.00 bits per heavy atom. The molecule has 0 fully saturated rings. The molecule has 4 nitrogen and oxygen atoms in total. The number of rotatable bonds is 6. The van der Waals surface area contributed by atoms with Crippen molar-refractivity contribution in [2.45, 2.75) is 31.6 Å². The lowest BCUT2D eigenvalue weighted by Crippen LogP contribution is -2.28. The van der Waals surface area contributed by atoms with Gasteiger partial charge >= 0.3 is 0 Å². The largest absolute Gasteiger partial charge is 0.361 e. The van der Waals surface area contributed by atoms with E-state index in [0.717, 1.165) is 35.1 Å². The molecule has 2 aromatic rings. The Morgan fingerprint density at radius 1 is 1.22 bits per heavy atom. The molecule has 5 heteroatoms. The summed E-state index contributed by atoms with van der Waals surface area (Å²) >= 11 is 0. The molecule has 3 rings (SSSR count). The maximum absolute atomic E-state index is 13.3.